The zero-order chi connectivity index (χ0) is 18.4. The Hall–Kier alpha value is -2.16. The summed E-state index contributed by atoms with van der Waals surface area (Å²) in [6.45, 7) is 0. The Morgan fingerprint density at radius 3 is 1.88 bits per heavy atom. The van der Waals surface area contributed by atoms with Crippen LogP contribution in [-0.2, 0) is 5.41 Å². The van der Waals surface area contributed by atoms with E-state index in [1.54, 1.807) is 19.2 Å². The number of hydrogen-bond donors (Lipinski definition) is 1. The van der Waals surface area contributed by atoms with E-state index in [1.165, 1.54) is 0 Å². The Bertz CT molecular complexity index is 905. The van der Waals surface area contributed by atoms with E-state index < -0.39 is 9.75 Å². The highest BCUT2D eigenvalue weighted by molar-refractivity contribution is 6.53. The number of aromatic hydroxyl groups is 1. The van der Waals surface area contributed by atoms with Gasteiger partial charge in [0.25, 0.3) is 0 Å². The molecule has 1 aliphatic carbocycles. The van der Waals surface area contributed by atoms with Crippen LogP contribution in [0.2, 0.25) is 0 Å². The molecular formula is C22H18Cl2O2. The Labute approximate surface area is 163 Å². The van der Waals surface area contributed by atoms with Crippen LogP contribution in [0.1, 0.15) is 22.6 Å². The van der Waals surface area contributed by atoms with Crippen LogP contribution in [0.5, 0.6) is 11.5 Å². The number of hydrogen-bond acceptors (Lipinski definition) is 2. The fraction of sp³-hybridized carbons (Fsp3) is 0.182. The van der Waals surface area contributed by atoms with Crippen LogP contribution in [0.15, 0.2) is 78.9 Å². The minimum atomic E-state index is -1.00. The molecule has 1 saturated carbocycles. The van der Waals surface area contributed by atoms with E-state index in [0.29, 0.717) is 0 Å². The molecule has 3 aromatic rings. The summed E-state index contributed by atoms with van der Waals surface area (Å²) in [5, 5.41) is 9.71. The van der Waals surface area contributed by atoms with Crippen molar-refractivity contribution in [1.82, 2.24) is 0 Å². The van der Waals surface area contributed by atoms with Crippen LogP contribution in [0.3, 0.4) is 0 Å². The van der Waals surface area contributed by atoms with Crippen LogP contribution in [-0.4, -0.2) is 16.5 Å². The van der Waals surface area contributed by atoms with E-state index in [-0.39, 0.29) is 11.7 Å². The molecule has 0 saturated heterocycles. The van der Waals surface area contributed by atoms with E-state index in [1.807, 2.05) is 54.6 Å². The van der Waals surface area contributed by atoms with Gasteiger partial charge in [0.15, 0.2) is 0 Å². The minimum Gasteiger partial charge on any atom is -0.508 e. The van der Waals surface area contributed by atoms with Gasteiger partial charge in [-0.25, -0.2) is 0 Å². The average Bonchev–Trinajstić information content (AvgIpc) is 3.20. The Balaban J connectivity index is 1.92. The van der Waals surface area contributed by atoms with E-state index >= 15 is 0 Å². The molecule has 132 valence electrons. The molecule has 0 amide bonds. The molecule has 4 heteroatoms. The molecule has 3 aromatic carbocycles. The van der Waals surface area contributed by atoms with Gasteiger partial charge in [-0.15, -0.1) is 0 Å². The number of ether oxygens (including phenoxy) is 1. The molecule has 0 spiro atoms. The maximum Gasteiger partial charge on any atom is 0.140 e. The third kappa shape index (κ3) is 2.40. The van der Waals surface area contributed by atoms with E-state index in [0.717, 1.165) is 22.4 Å². The second-order valence-corrected chi connectivity index (χ2v) is 7.94. The average molecular weight is 385 g/mol. The molecule has 0 unspecified atom stereocenters. The first-order valence-corrected chi connectivity index (χ1v) is 9.14. The third-order valence-corrected chi connectivity index (χ3v) is 6.27. The van der Waals surface area contributed by atoms with Gasteiger partial charge in [0.1, 0.15) is 15.8 Å². The summed E-state index contributed by atoms with van der Waals surface area (Å²) < 4.78 is 4.29. The molecular weight excluding hydrogens is 367 g/mol. The van der Waals surface area contributed by atoms with Crippen LogP contribution < -0.4 is 4.74 Å². The molecule has 1 N–H and O–H groups in total. The zero-order valence-electron chi connectivity index (χ0n) is 14.2. The maximum absolute atomic E-state index is 9.71. The molecule has 26 heavy (non-hydrogen) atoms. The summed E-state index contributed by atoms with van der Waals surface area (Å²) in [4.78, 5) is 0. The van der Waals surface area contributed by atoms with Crippen molar-refractivity contribution in [2.45, 2.75) is 15.7 Å². The number of methoxy groups -OCH3 is 1. The number of benzene rings is 3. The summed E-state index contributed by atoms with van der Waals surface area (Å²) in [6, 6.07) is 25.0. The highest BCUT2D eigenvalue weighted by atomic mass is 35.5. The van der Waals surface area contributed by atoms with Gasteiger partial charge < -0.3 is 9.84 Å². The second kappa shape index (κ2) is 6.22. The maximum atomic E-state index is 9.71. The standard InChI is InChI=1S/C22H18Cl2O2/c1-26-19-13-9-17(10-14-19)21(16-7-11-18(25)12-8-16)20(22(21,23)24)15-5-3-2-4-6-15/h2-14,20,25H,1H3/t20-,21-/m1/s1. The quantitative estimate of drug-likeness (QED) is 0.588. The fourth-order valence-electron chi connectivity index (χ4n) is 3.97. The van der Waals surface area contributed by atoms with Crippen molar-refractivity contribution in [3.8, 4) is 11.5 Å². The SMILES string of the molecule is COc1ccc([C@]2(c3ccc(O)cc3)[C@@H](c3ccccc3)C2(Cl)Cl)cc1. The van der Waals surface area contributed by atoms with Crippen molar-refractivity contribution >= 4 is 23.2 Å². The van der Waals surface area contributed by atoms with Gasteiger partial charge in [-0.1, -0.05) is 77.8 Å². The molecule has 0 aliphatic heterocycles. The predicted molar refractivity (Wildman–Crippen MR) is 106 cm³/mol. The van der Waals surface area contributed by atoms with Crippen molar-refractivity contribution in [3.05, 3.63) is 95.6 Å². The highest BCUT2D eigenvalue weighted by Gasteiger charge is 2.77. The Morgan fingerprint density at radius 1 is 0.808 bits per heavy atom. The fourth-order valence-corrected chi connectivity index (χ4v) is 5.10. The van der Waals surface area contributed by atoms with Gasteiger partial charge in [-0.3, -0.25) is 0 Å². The number of rotatable bonds is 4. The van der Waals surface area contributed by atoms with Gasteiger partial charge >= 0.3 is 0 Å². The van der Waals surface area contributed by atoms with Gasteiger partial charge in [0, 0.05) is 5.92 Å². The molecule has 2 nitrogen and oxygen atoms in total. The Morgan fingerprint density at radius 2 is 1.35 bits per heavy atom. The highest BCUT2D eigenvalue weighted by Crippen LogP contribution is 2.77. The molecule has 0 aromatic heterocycles. The first-order chi connectivity index (χ1) is 12.5. The van der Waals surface area contributed by atoms with Gasteiger partial charge in [-0.05, 0) is 41.0 Å². The topological polar surface area (TPSA) is 29.5 Å². The van der Waals surface area contributed by atoms with Crippen LogP contribution in [0.4, 0.5) is 0 Å². The van der Waals surface area contributed by atoms with Crippen molar-refractivity contribution < 1.29 is 9.84 Å². The predicted octanol–water partition coefficient (Wildman–Crippen LogP) is 5.66. The summed E-state index contributed by atoms with van der Waals surface area (Å²) in [6.07, 6.45) is 0. The van der Waals surface area contributed by atoms with Crippen molar-refractivity contribution in [2.24, 2.45) is 0 Å². The van der Waals surface area contributed by atoms with Crippen molar-refractivity contribution in [3.63, 3.8) is 0 Å². The molecule has 4 rings (SSSR count). The lowest BCUT2D eigenvalue weighted by Crippen LogP contribution is -2.17. The zero-order valence-corrected chi connectivity index (χ0v) is 15.7. The summed E-state index contributed by atoms with van der Waals surface area (Å²) in [5.74, 6) is 0.893. The van der Waals surface area contributed by atoms with Gasteiger partial charge in [-0.2, -0.15) is 0 Å². The smallest absolute Gasteiger partial charge is 0.140 e. The third-order valence-electron chi connectivity index (χ3n) is 5.24. The lowest BCUT2D eigenvalue weighted by Gasteiger charge is -2.21. The van der Waals surface area contributed by atoms with Crippen molar-refractivity contribution in [2.75, 3.05) is 7.11 Å². The normalized spacial score (nSPS) is 23.4. The van der Waals surface area contributed by atoms with Crippen LogP contribution >= 0.6 is 23.2 Å². The molecule has 0 bridgehead atoms. The minimum absolute atomic E-state index is 0.0996. The molecule has 0 heterocycles. The van der Waals surface area contributed by atoms with Gasteiger partial charge in [0.05, 0.1) is 12.5 Å². The monoisotopic (exact) mass is 384 g/mol. The largest absolute Gasteiger partial charge is 0.508 e. The summed E-state index contributed by atoms with van der Waals surface area (Å²) >= 11 is 13.8. The molecule has 0 radical (unpaired) electrons. The van der Waals surface area contributed by atoms with E-state index in [9.17, 15) is 5.11 Å². The van der Waals surface area contributed by atoms with E-state index in [4.69, 9.17) is 27.9 Å². The number of phenolic OH excluding ortho intramolecular Hbond substituents is 1. The summed E-state index contributed by atoms with van der Waals surface area (Å²) in [7, 11) is 1.64. The molecule has 1 aliphatic rings. The Kier molecular flexibility index (Phi) is 4.13. The summed E-state index contributed by atoms with van der Waals surface area (Å²) in [5.41, 5.74) is 2.47. The van der Waals surface area contributed by atoms with Crippen molar-refractivity contribution in [1.29, 1.82) is 0 Å². The van der Waals surface area contributed by atoms with E-state index in [2.05, 4.69) is 12.1 Å². The van der Waals surface area contributed by atoms with Crippen LogP contribution in [0, 0.1) is 0 Å². The lowest BCUT2D eigenvalue weighted by atomic mass is 9.84. The molecule has 1 fully saturated rings. The lowest BCUT2D eigenvalue weighted by molar-refractivity contribution is 0.414. The second-order valence-electron chi connectivity index (χ2n) is 6.55. The first-order valence-electron chi connectivity index (χ1n) is 8.38. The van der Waals surface area contributed by atoms with Gasteiger partial charge in [0.2, 0.25) is 0 Å². The molecule has 2 atom stereocenters. The first kappa shape index (κ1) is 17.3. The number of halogens is 2. The number of alkyl halides is 2. The number of phenols is 1. The van der Waals surface area contributed by atoms with Crippen LogP contribution in [0.25, 0.3) is 0 Å².